The van der Waals surface area contributed by atoms with Gasteiger partial charge in [0.25, 0.3) is 0 Å². The van der Waals surface area contributed by atoms with Crippen LogP contribution < -0.4 is 10.1 Å². The highest BCUT2D eigenvalue weighted by molar-refractivity contribution is 6.32. The third kappa shape index (κ3) is 4.87. The Labute approximate surface area is 148 Å². The van der Waals surface area contributed by atoms with E-state index in [2.05, 4.69) is 5.32 Å². The summed E-state index contributed by atoms with van der Waals surface area (Å²) < 4.78 is 9.91. The van der Waals surface area contributed by atoms with Gasteiger partial charge in [0.05, 0.1) is 24.7 Å². The molecule has 134 valence electrons. The van der Waals surface area contributed by atoms with Gasteiger partial charge in [0.2, 0.25) is 5.91 Å². The second-order valence-electron chi connectivity index (χ2n) is 6.52. The van der Waals surface area contributed by atoms with Crippen LogP contribution in [0, 0.1) is 11.3 Å². The van der Waals surface area contributed by atoms with E-state index in [1.807, 2.05) is 13.0 Å². The Morgan fingerprint density at radius 2 is 1.88 bits per heavy atom. The van der Waals surface area contributed by atoms with Crippen molar-refractivity contribution >= 4 is 23.5 Å². The third-order valence-electron chi connectivity index (χ3n) is 4.36. The molecule has 0 saturated heterocycles. The van der Waals surface area contributed by atoms with Crippen LogP contribution >= 0.6 is 11.6 Å². The van der Waals surface area contributed by atoms with E-state index in [-0.39, 0.29) is 23.8 Å². The number of hydrogen-bond acceptors (Lipinski definition) is 4. The van der Waals surface area contributed by atoms with E-state index in [9.17, 15) is 9.59 Å². The summed E-state index contributed by atoms with van der Waals surface area (Å²) in [5.41, 5.74) is 0.149. The number of halogens is 1. The molecule has 1 unspecified atom stereocenters. The Kier molecular flexibility index (Phi) is 7.08. The summed E-state index contributed by atoms with van der Waals surface area (Å²) in [5.74, 6) is -0.132. The maximum Gasteiger partial charge on any atom is 0.313 e. The van der Waals surface area contributed by atoms with Crippen LogP contribution in [0.1, 0.15) is 33.3 Å². The number of hydrogen-bond donors (Lipinski definition) is 1. The van der Waals surface area contributed by atoms with Gasteiger partial charge in [-0.25, -0.2) is 0 Å². The van der Waals surface area contributed by atoms with Crippen molar-refractivity contribution in [3.8, 4) is 5.75 Å². The molecule has 0 heterocycles. The fourth-order valence-corrected chi connectivity index (χ4v) is 2.54. The van der Waals surface area contributed by atoms with Crippen LogP contribution in [-0.4, -0.2) is 32.1 Å². The number of benzene rings is 1. The first-order valence-corrected chi connectivity index (χ1v) is 8.22. The predicted molar refractivity (Wildman–Crippen MR) is 94.3 cm³/mol. The number of nitrogens with one attached hydrogen (secondary N) is 1. The summed E-state index contributed by atoms with van der Waals surface area (Å²) in [6, 6.07) is 5.12. The van der Waals surface area contributed by atoms with Crippen molar-refractivity contribution in [2.24, 2.45) is 11.3 Å². The molecule has 0 spiro atoms. The molecule has 5 nitrogen and oxygen atoms in total. The molecule has 2 atom stereocenters. The molecule has 24 heavy (non-hydrogen) atoms. The molecule has 1 aromatic carbocycles. The van der Waals surface area contributed by atoms with Crippen molar-refractivity contribution in [2.75, 3.05) is 14.2 Å². The molecule has 0 bridgehead atoms. The third-order valence-corrected chi connectivity index (χ3v) is 4.65. The largest absolute Gasteiger partial charge is 0.495 e. The van der Waals surface area contributed by atoms with Crippen molar-refractivity contribution < 1.29 is 19.1 Å². The zero-order valence-electron chi connectivity index (χ0n) is 15.1. The topological polar surface area (TPSA) is 64.6 Å². The lowest BCUT2D eigenvalue weighted by Crippen LogP contribution is -2.49. The summed E-state index contributed by atoms with van der Waals surface area (Å²) in [4.78, 5) is 24.2. The highest BCUT2D eigenvalue weighted by Gasteiger charge is 2.36. The Balaban J connectivity index is 2.71. The second kappa shape index (κ2) is 8.38. The summed E-state index contributed by atoms with van der Waals surface area (Å²) in [6.45, 7) is 7.13. The van der Waals surface area contributed by atoms with Crippen LogP contribution in [0.5, 0.6) is 5.75 Å². The normalized spacial score (nSPS) is 13.8. The van der Waals surface area contributed by atoms with E-state index >= 15 is 0 Å². The van der Waals surface area contributed by atoms with Gasteiger partial charge in [0.15, 0.2) is 0 Å². The van der Waals surface area contributed by atoms with Crippen molar-refractivity contribution in [3.63, 3.8) is 0 Å². The molecule has 0 aliphatic rings. The zero-order valence-corrected chi connectivity index (χ0v) is 15.9. The lowest BCUT2D eigenvalue weighted by Gasteiger charge is -2.30. The van der Waals surface area contributed by atoms with Crippen molar-refractivity contribution in [3.05, 3.63) is 28.8 Å². The first kappa shape index (κ1) is 20.3. The van der Waals surface area contributed by atoms with Gasteiger partial charge in [-0.15, -0.1) is 0 Å². The molecule has 0 aromatic heterocycles. The molecular formula is C18H26ClNO4. The van der Waals surface area contributed by atoms with Gasteiger partial charge in [-0.2, -0.15) is 0 Å². The van der Waals surface area contributed by atoms with E-state index < -0.39 is 5.41 Å². The predicted octanol–water partition coefficient (Wildman–Crippen LogP) is 3.23. The van der Waals surface area contributed by atoms with Crippen molar-refractivity contribution in [2.45, 2.75) is 40.2 Å². The maximum atomic E-state index is 12.4. The lowest BCUT2D eigenvalue weighted by atomic mass is 9.85. The van der Waals surface area contributed by atoms with E-state index in [0.717, 1.165) is 5.56 Å². The number of carbonyl (C=O) groups is 2. The quantitative estimate of drug-likeness (QED) is 0.763. The molecule has 0 saturated carbocycles. The number of ether oxygens (including phenoxy) is 2. The van der Waals surface area contributed by atoms with Crippen molar-refractivity contribution in [1.82, 2.24) is 5.32 Å². The molecule has 1 N–H and O–H groups in total. The first-order chi connectivity index (χ1) is 11.1. The Hall–Kier alpha value is -1.75. The van der Waals surface area contributed by atoms with E-state index in [0.29, 0.717) is 17.2 Å². The minimum absolute atomic E-state index is 0.119. The zero-order chi connectivity index (χ0) is 18.5. The summed E-state index contributed by atoms with van der Waals surface area (Å²) in [6.07, 6.45) is 0.543. The van der Waals surface area contributed by atoms with Crippen LogP contribution in [0.3, 0.4) is 0 Å². The number of carbonyl (C=O) groups excluding carboxylic acids is 2. The summed E-state index contributed by atoms with van der Waals surface area (Å²) in [7, 11) is 2.90. The lowest BCUT2D eigenvalue weighted by molar-refractivity contribution is -0.152. The highest BCUT2D eigenvalue weighted by atomic mass is 35.5. The number of esters is 1. The van der Waals surface area contributed by atoms with Gasteiger partial charge in [-0.05, 0) is 44.9 Å². The monoisotopic (exact) mass is 355 g/mol. The molecule has 0 aliphatic heterocycles. The minimum atomic E-state index is -0.798. The van der Waals surface area contributed by atoms with Crippen LogP contribution in [0.15, 0.2) is 18.2 Å². The van der Waals surface area contributed by atoms with E-state index in [4.69, 9.17) is 21.1 Å². The van der Waals surface area contributed by atoms with Crippen molar-refractivity contribution in [1.29, 1.82) is 0 Å². The second-order valence-corrected chi connectivity index (χ2v) is 6.92. The first-order valence-electron chi connectivity index (χ1n) is 7.84. The fourth-order valence-electron chi connectivity index (χ4n) is 2.26. The van der Waals surface area contributed by atoms with Gasteiger partial charge < -0.3 is 14.8 Å². The Morgan fingerprint density at radius 1 is 1.25 bits per heavy atom. The molecular weight excluding hydrogens is 330 g/mol. The van der Waals surface area contributed by atoms with E-state index in [1.54, 1.807) is 40.0 Å². The average Bonchev–Trinajstić information content (AvgIpc) is 2.53. The highest BCUT2D eigenvalue weighted by Crippen LogP contribution is 2.26. The Bertz CT molecular complexity index is 601. The van der Waals surface area contributed by atoms with Gasteiger partial charge in [-0.3, -0.25) is 9.59 Å². The van der Waals surface area contributed by atoms with Crippen LogP contribution in [0.4, 0.5) is 0 Å². The minimum Gasteiger partial charge on any atom is -0.495 e. The summed E-state index contributed by atoms with van der Waals surface area (Å²) in [5, 5.41) is 3.41. The number of amides is 1. The van der Waals surface area contributed by atoms with Gasteiger partial charge >= 0.3 is 5.97 Å². The standard InChI is InChI=1S/C18H26ClNO4/c1-11(9-13-7-8-15(23-5)14(19)10-13)16(21)20-12(2)18(3,4)17(22)24-6/h7-8,10-12H,9H2,1-6H3,(H,20,21)/t11-,12?/m1/s1. The SMILES string of the molecule is COC(=O)C(C)(C)C(C)NC(=O)[C@H](C)Cc1ccc(OC)c(Cl)c1. The molecule has 0 fully saturated rings. The van der Waals surface area contributed by atoms with Gasteiger partial charge in [-0.1, -0.05) is 24.6 Å². The summed E-state index contributed by atoms with van der Waals surface area (Å²) >= 11 is 6.11. The van der Waals surface area contributed by atoms with Crippen LogP contribution in [0.2, 0.25) is 5.02 Å². The Morgan fingerprint density at radius 3 is 2.38 bits per heavy atom. The molecule has 0 radical (unpaired) electrons. The molecule has 1 amide bonds. The van der Waals surface area contributed by atoms with E-state index in [1.165, 1.54) is 7.11 Å². The van der Waals surface area contributed by atoms with Gasteiger partial charge in [0.1, 0.15) is 5.75 Å². The van der Waals surface area contributed by atoms with Crippen LogP contribution in [0.25, 0.3) is 0 Å². The average molecular weight is 356 g/mol. The molecule has 1 rings (SSSR count). The fraction of sp³-hybridized carbons (Fsp3) is 0.556. The molecule has 6 heteroatoms. The van der Waals surface area contributed by atoms with Gasteiger partial charge in [0, 0.05) is 12.0 Å². The number of rotatable bonds is 7. The maximum absolute atomic E-state index is 12.4. The smallest absolute Gasteiger partial charge is 0.313 e. The van der Waals surface area contributed by atoms with Crippen LogP contribution in [-0.2, 0) is 20.7 Å². The number of methoxy groups -OCH3 is 2. The molecule has 0 aliphatic carbocycles. The molecule has 1 aromatic rings.